The summed E-state index contributed by atoms with van der Waals surface area (Å²) in [6.45, 7) is 0. The van der Waals surface area contributed by atoms with Crippen molar-refractivity contribution in [3.8, 4) is 10.4 Å². The molecule has 0 radical (unpaired) electrons. The van der Waals surface area contributed by atoms with E-state index in [0.717, 1.165) is 5.75 Å². The van der Waals surface area contributed by atoms with Crippen LogP contribution in [0.25, 0.3) is 10.4 Å². The number of benzene rings is 1. The van der Waals surface area contributed by atoms with E-state index in [0.29, 0.717) is 0 Å². The summed E-state index contributed by atoms with van der Waals surface area (Å²) >= 11 is 9.45. The van der Waals surface area contributed by atoms with Crippen molar-refractivity contribution in [3.05, 3.63) is 45.7 Å². The summed E-state index contributed by atoms with van der Waals surface area (Å²) < 4.78 is 1.17. The lowest BCUT2D eigenvalue weighted by molar-refractivity contribution is 1.43. The van der Waals surface area contributed by atoms with E-state index in [1.807, 2.05) is 0 Å². The molecule has 0 aliphatic rings. The Kier molecular flexibility index (Phi) is 3.31. The fraction of sp³-hybridized carbons (Fsp3) is 0.0909. The molecule has 0 spiro atoms. The zero-order valence-electron chi connectivity index (χ0n) is 7.40. The third-order valence-corrected chi connectivity index (χ3v) is 4.03. The molecule has 1 aromatic heterocycles. The highest BCUT2D eigenvalue weighted by atomic mass is 79.9. The van der Waals surface area contributed by atoms with Gasteiger partial charge in [0.05, 0.1) is 3.79 Å². The average Bonchev–Trinajstić information content (AvgIpc) is 2.65. The van der Waals surface area contributed by atoms with Crippen LogP contribution in [0.1, 0.15) is 5.56 Å². The maximum Gasteiger partial charge on any atom is 0.0705 e. The predicted octanol–water partition coefficient (Wildman–Crippen LogP) is 4.61. The summed E-state index contributed by atoms with van der Waals surface area (Å²) in [7, 11) is 0. The number of thiol groups is 1. The first-order valence-electron chi connectivity index (χ1n) is 4.25. The van der Waals surface area contributed by atoms with Gasteiger partial charge in [-0.3, -0.25) is 0 Å². The molecule has 1 heterocycles. The molecule has 3 heteroatoms. The maximum atomic E-state index is 4.23. The van der Waals surface area contributed by atoms with Gasteiger partial charge in [0.2, 0.25) is 0 Å². The Labute approximate surface area is 102 Å². The number of rotatable bonds is 2. The van der Waals surface area contributed by atoms with Crippen molar-refractivity contribution in [1.82, 2.24) is 0 Å². The molecular formula is C11H9BrS2. The van der Waals surface area contributed by atoms with Crippen LogP contribution in [-0.4, -0.2) is 0 Å². The van der Waals surface area contributed by atoms with Gasteiger partial charge in [-0.2, -0.15) is 12.6 Å². The van der Waals surface area contributed by atoms with Gasteiger partial charge in [-0.25, -0.2) is 0 Å². The largest absolute Gasteiger partial charge is 0.175 e. The Morgan fingerprint density at radius 2 is 1.79 bits per heavy atom. The third kappa shape index (κ3) is 2.22. The van der Waals surface area contributed by atoms with Crippen molar-refractivity contribution in [2.75, 3.05) is 0 Å². The SMILES string of the molecule is SCc1ccc(-c2ccc(Br)s2)cc1. The van der Waals surface area contributed by atoms with E-state index in [4.69, 9.17) is 0 Å². The minimum Gasteiger partial charge on any atom is -0.175 e. The van der Waals surface area contributed by atoms with Gasteiger partial charge in [-0.05, 0) is 39.2 Å². The van der Waals surface area contributed by atoms with Gasteiger partial charge in [0.15, 0.2) is 0 Å². The van der Waals surface area contributed by atoms with E-state index in [1.165, 1.54) is 19.8 Å². The van der Waals surface area contributed by atoms with E-state index in [-0.39, 0.29) is 0 Å². The van der Waals surface area contributed by atoms with Crippen LogP contribution in [0.3, 0.4) is 0 Å². The lowest BCUT2D eigenvalue weighted by atomic mass is 10.1. The zero-order valence-corrected chi connectivity index (χ0v) is 10.7. The first-order valence-corrected chi connectivity index (χ1v) is 6.49. The van der Waals surface area contributed by atoms with Crippen LogP contribution in [-0.2, 0) is 5.75 Å². The number of thiophene rings is 1. The first-order chi connectivity index (χ1) is 6.79. The molecule has 0 saturated carbocycles. The summed E-state index contributed by atoms with van der Waals surface area (Å²) in [5.74, 6) is 0.800. The Morgan fingerprint density at radius 1 is 1.07 bits per heavy atom. The smallest absolute Gasteiger partial charge is 0.0705 e. The molecule has 2 rings (SSSR count). The molecule has 0 N–H and O–H groups in total. The van der Waals surface area contributed by atoms with E-state index >= 15 is 0 Å². The van der Waals surface area contributed by atoms with Crippen molar-refractivity contribution in [3.63, 3.8) is 0 Å². The lowest BCUT2D eigenvalue weighted by Gasteiger charge is -1.98. The van der Waals surface area contributed by atoms with Crippen LogP contribution >= 0.6 is 39.9 Å². The topological polar surface area (TPSA) is 0 Å². The molecule has 0 aliphatic heterocycles. The Morgan fingerprint density at radius 3 is 2.29 bits per heavy atom. The standard InChI is InChI=1S/C11H9BrS2/c12-11-6-5-10(14-11)9-3-1-8(7-13)2-4-9/h1-6,13H,7H2. The van der Waals surface area contributed by atoms with Crippen LogP contribution in [0.2, 0.25) is 0 Å². The molecule has 0 atom stereocenters. The fourth-order valence-corrected chi connectivity index (χ4v) is 2.85. The predicted molar refractivity (Wildman–Crippen MR) is 70.1 cm³/mol. The molecule has 1 aromatic carbocycles. The van der Waals surface area contributed by atoms with E-state index in [2.05, 4.69) is 65.0 Å². The molecule has 0 bridgehead atoms. The van der Waals surface area contributed by atoms with Crippen LogP contribution < -0.4 is 0 Å². The highest BCUT2D eigenvalue weighted by molar-refractivity contribution is 9.11. The quantitative estimate of drug-likeness (QED) is 0.765. The van der Waals surface area contributed by atoms with Crippen LogP contribution in [0.5, 0.6) is 0 Å². The molecule has 0 nitrogen and oxygen atoms in total. The van der Waals surface area contributed by atoms with Gasteiger partial charge >= 0.3 is 0 Å². The second kappa shape index (κ2) is 4.51. The number of hydrogen-bond donors (Lipinski definition) is 1. The van der Waals surface area contributed by atoms with Crippen LogP contribution in [0, 0.1) is 0 Å². The molecule has 72 valence electrons. The third-order valence-electron chi connectivity index (χ3n) is 1.99. The molecule has 0 amide bonds. The molecule has 0 aliphatic carbocycles. The second-order valence-corrected chi connectivity index (χ2v) is 5.74. The number of halogens is 1. The van der Waals surface area contributed by atoms with Gasteiger partial charge < -0.3 is 0 Å². The summed E-state index contributed by atoms with van der Waals surface area (Å²) in [5, 5.41) is 0. The van der Waals surface area contributed by atoms with Gasteiger partial charge in [0.25, 0.3) is 0 Å². The van der Waals surface area contributed by atoms with Crippen molar-refractivity contribution in [1.29, 1.82) is 0 Å². The summed E-state index contributed by atoms with van der Waals surface area (Å²) in [4.78, 5) is 1.29. The van der Waals surface area contributed by atoms with Crippen molar-refractivity contribution in [2.24, 2.45) is 0 Å². The van der Waals surface area contributed by atoms with Crippen molar-refractivity contribution in [2.45, 2.75) is 5.75 Å². The van der Waals surface area contributed by atoms with Crippen LogP contribution in [0.4, 0.5) is 0 Å². The molecule has 0 saturated heterocycles. The Hall–Kier alpha value is -0.250. The summed E-state index contributed by atoms with van der Waals surface area (Å²) in [6.07, 6.45) is 0. The highest BCUT2D eigenvalue weighted by Crippen LogP contribution is 2.31. The fourth-order valence-electron chi connectivity index (χ4n) is 1.24. The monoisotopic (exact) mass is 284 g/mol. The lowest BCUT2D eigenvalue weighted by Crippen LogP contribution is -1.77. The van der Waals surface area contributed by atoms with E-state index in [9.17, 15) is 0 Å². The van der Waals surface area contributed by atoms with Crippen molar-refractivity contribution >= 4 is 39.9 Å². The Balaban J connectivity index is 2.33. The van der Waals surface area contributed by atoms with E-state index < -0.39 is 0 Å². The van der Waals surface area contributed by atoms with Gasteiger partial charge in [0, 0.05) is 10.6 Å². The molecule has 0 fully saturated rings. The van der Waals surface area contributed by atoms with Crippen molar-refractivity contribution < 1.29 is 0 Å². The first kappa shape index (κ1) is 10.3. The average molecular weight is 285 g/mol. The molecule has 14 heavy (non-hydrogen) atoms. The van der Waals surface area contributed by atoms with E-state index in [1.54, 1.807) is 11.3 Å². The second-order valence-electron chi connectivity index (χ2n) is 2.96. The zero-order chi connectivity index (χ0) is 9.97. The molecular weight excluding hydrogens is 276 g/mol. The number of hydrogen-bond acceptors (Lipinski definition) is 2. The van der Waals surface area contributed by atoms with Crippen LogP contribution in [0.15, 0.2) is 40.2 Å². The van der Waals surface area contributed by atoms with Gasteiger partial charge in [-0.1, -0.05) is 24.3 Å². The Bertz CT molecular complexity index is 417. The summed E-state index contributed by atoms with van der Waals surface area (Å²) in [6, 6.07) is 12.7. The minimum atomic E-state index is 0.800. The highest BCUT2D eigenvalue weighted by Gasteiger charge is 2.00. The maximum absolute atomic E-state index is 4.23. The normalized spacial score (nSPS) is 10.4. The molecule has 2 aromatic rings. The summed E-state index contributed by atoms with van der Waals surface area (Å²) in [5.41, 5.74) is 2.53. The van der Waals surface area contributed by atoms with Gasteiger partial charge in [0.1, 0.15) is 0 Å². The minimum absolute atomic E-state index is 0.800. The van der Waals surface area contributed by atoms with Gasteiger partial charge in [-0.15, -0.1) is 11.3 Å². The molecule has 0 unspecified atom stereocenters.